The van der Waals surface area contributed by atoms with Gasteiger partial charge in [0.05, 0.1) is 21.5 Å². The van der Waals surface area contributed by atoms with Gasteiger partial charge in [0.2, 0.25) is 10.0 Å². The molecule has 0 radical (unpaired) electrons. The molecule has 162 valence electrons. The van der Waals surface area contributed by atoms with Gasteiger partial charge in [-0.1, -0.05) is 35.3 Å². The van der Waals surface area contributed by atoms with Crippen LogP contribution in [0, 0.1) is 6.92 Å². The third kappa shape index (κ3) is 7.83. The lowest BCUT2D eigenvalue weighted by Crippen LogP contribution is -2.35. The first-order valence-corrected chi connectivity index (χ1v) is 11.0. The normalized spacial score (nSPS) is 11.0. The van der Waals surface area contributed by atoms with Gasteiger partial charge in [-0.2, -0.15) is 4.72 Å². The molecule has 11 heteroatoms. The minimum absolute atomic E-state index is 0.0603. The molecule has 0 fully saturated rings. The Morgan fingerprint density at radius 1 is 1.07 bits per heavy atom. The number of hydrogen-bond donors (Lipinski definition) is 2. The first-order chi connectivity index (χ1) is 14.2. The van der Waals surface area contributed by atoms with Crippen LogP contribution in [0.4, 0.5) is 0 Å². The van der Waals surface area contributed by atoms with Crippen molar-refractivity contribution in [1.29, 1.82) is 0 Å². The summed E-state index contributed by atoms with van der Waals surface area (Å²) in [7, 11) is -3.99. The average molecular weight is 475 g/mol. The highest BCUT2D eigenvalue weighted by Crippen LogP contribution is 2.24. The van der Waals surface area contributed by atoms with Crippen molar-refractivity contribution in [3.8, 4) is 5.75 Å². The fourth-order valence-corrected chi connectivity index (χ4v) is 3.55. The highest BCUT2D eigenvalue weighted by Gasteiger charge is 2.17. The molecule has 0 saturated carbocycles. The highest BCUT2D eigenvalue weighted by atomic mass is 35.5. The molecule has 8 nitrogen and oxygen atoms in total. The van der Waals surface area contributed by atoms with Crippen molar-refractivity contribution in [2.75, 3.05) is 26.3 Å². The molecule has 0 heterocycles. The van der Waals surface area contributed by atoms with E-state index in [1.807, 2.05) is 25.1 Å². The van der Waals surface area contributed by atoms with Crippen LogP contribution in [0.1, 0.15) is 5.56 Å². The van der Waals surface area contributed by atoms with Gasteiger partial charge in [0.1, 0.15) is 18.9 Å². The van der Waals surface area contributed by atoms with Crippen LogP contribution in [0.25, 0.3) is 0 Å². The molecule has 0 atom stereocenters. The molecular weight excluding hydrogens is 455 g/mol. The van der Waals surface area contributed by atoms with Gasteiger partial charge in [-0.15, -0.1) is 0 Å². The molecule has 0 aliphatic heterocycles. The summed E-state index contributed by atoms with van der Waals surface area (Å²) in [4.78, 5) is 23.2. The molecule has 2 N–H and O–H groups in total. The van der Waals surface area contributed by atoms with Gasteiger partial charge in [0.15, 0.2) is 6.61 Å². The Kier molecular flexibility index (Phi) is 8.91. The molecule has 2 aromatic rings. The fraction of sp³-hybridized carbons (Fsp3) is 0.263. The summed E-state index contributed by atoms with van der Waals surface area (Å²) in [6.07, 6.45) is 0. The largest absolute Gasteiger partial charge is 0.492 e. The van der Waals surface area contributed by atoms with Crippen molar-refractivity contribution >= 4 is 45.1 Å². The van der Waals surface area contributed by atoms with E-state index in [2.05, 4.69) is 10.0 Å². The van der Waals surface area contributed by atoms with Gasteiger partial charge < -0.3 is 14.8 Å². The van der Waals surface area contributed by atoms with E-state index in [-0.39, 0.29) is 28.1 Å². The zero-order valence-electron chi connectivity index (χ0n) is 16.0. The van der Waals surface area contributed by atoms with E-state index in [0.717, 1.165) is 11.6 Å². The zero-order chi connectivity index (χ0) is 22.1. The molecular formula is C19H20Cl2N2O6S. The van der Waals surface area contributed by atoms with Crippen LogP contribution in [-0.2, 0) is 24.3 Å². The number of ether oxygens (including phenoxy) is 2. The standard InChI is InChI=1S/C19H20Cl2N2O6S/c1-13-3-2-4-14(9-13)28-8-7-22-18(24)12-29-19(25)11-23-30(26,27)15-5-6-16(20)17(21)10-15/h2-6,9-10,23H,7-8,11-12H2,1H3,(H,22,24). The van der Waals surface area contributed by atoms with Gasteiger partial charge >= 0.3 is 5.97 Å². The van der Waals surface area contributed by atoms with Crippen molar-refractivity contribution < 1.29 is 27.5 Å². The molecule has 0 aliphatic carbocycles. The highest BCUT2D eigenvalue weighted by molar-refractivity contribution is 7.89. The number of nitrogens with one attached hydrogen (secondary N) is 2. The lowest BCUT2D eigenvalue weighted by Gasteiger charge is -2.09. The Balaban J connectivity index is 1.67. The van der Waals surface area contributed by atoms with E-state index in [1.54, 1.807) is 6.07 Å². The van der Waals surface area contributed by atoms with E-state index in [0.29, 0.717) is 5.75 Å². The van der Waals surface area contributed by atoms with E-state index in [1.165, 1.54) is 12.1 Å². The Morgan fingerprint density at radius 3 is 2.53 bits per heavy atom. The van der Waals surface area contributed by atoms with Gasteiger partial charge in [-0.25, -0.2) is 8.42 Å². The van der Waals surface area contributed by atoms with E-state index in [4.69, 9.17) is 32.7 Å². The lowest BCUT2D eigenvalue weighted by molar-refractivity contribution is -0.147. The number of hydrogen-bond acceptors (Lipinski definition) is 6. The Bertz CT molecular complexity index is 1010. The predicted molar refractivity (Wildman–Crippen MR) is 112 cm³/mol. The molecule has 0 saturated heterocycles. The van der Waals surface area contributed by atoms with Crippen LogP contribution >= 0.6 is 23.2 Å². The third-order valence-corrected chi connectivity index (χ3v) is 5.79. The summed E-state index contributed by atoms with van der Waals surface area (Å²) in [5.74, 6) is -0.765. The maximum Gasteiger partial charge on any atom is 0.321 e. The number of benzene rings is 2. The number of amides is 1. The number of esters is 1. The molecule has 0 unspecified atom stereocenters. The number of carbonyl (C=O) groups is 2. The number of carbonyl (C=O) groups excluding carboxylic acids is 2. The van der Waals surface area contributed by atoms with Gasteiger partial charge in [-0.3, -0.25) is 9.59 Å². The maximum absolute atomic E-state index is 12.1. The van der Waals surface area contributed by atoms with Crippen LogP contribution in [0.15, 0.2) is 47.4 Å². The molecule has 0 aromatic heterocycles. The Labute approximate surface area is 184 Å². The second-order valence-corrected chi connectivity index (χ2v) is 8.66. The Morgan fingerprint density at radius 2 is 1.83 bits per heavy atom. The molecule has 0 aliphatic rings. The van der Waals surface area contributed by atoms with Crippen molar-refractivity contribution in [3.63, 3.8) is 0 Å². The van der Waals surface area contributed by atoms with Gasteiger partial charge in [0.25, 0.3) is 5.91 Å². The first kappa shape index (κ1) is 23.9. The van der Waals surface area contributed by atoms with Crippen molar-refractivity contribution in [2.45, 2.75) is 11.8 Å². The van der Waals surface area contributed by atoms with Crippen LogP contribution < -0.4 is 14.8 Å². The smallest absolute Gasteiger partial charge is 0.321 e. The number of aryl methyl sites for hydroxylation is 1. The minimum atomic E-state index is -3.99. The molecule has 2 aromatic carbocycles. The van der Waals surface area contributed by atoms with Crippen molar-refractivity contribution in [2.24, 2.45) is 0 Å². The summed E-state index contributed by atoms with van der Waals surface area (Å²) >= 11 is 11.5. The quantitative estimate of drug-likeness (QED) is 0.403. The van der Waals surface area contributed by atoms with Crippen LogP contribution in [-0.4, -0.2) is 46.6 Å². The second kappa shape index (κ2) is 11.2. The molecule has 2 rings (SSSR count). The summed E-state index contributed by atoms with van der Waals surface area (Å²) < 4.78 is 36.6. The second-order valence-electron chi connectivity index (χ2n) is 6.08. The molecule has 30 heavy (non-hydrogen) atoms. The zero-order valence-corrected chi connectivity index (χ0v) is 18.3. The third-order valence-electron chi connectivity index (χ3n) is 3.65. The van der Waals surface area contributed by atoms with Gasteiger partial charge in [-0.05, 0) is 42.8 Å². The molecule has 0 spiro atoms. The summed E-state index contributed by atoms with van der Waals surface area (Å²) in [6.45, 7) is 1.21. The molecule has 1 amide bonds. The Hall–Kier alpha value is -2.33. The number of rotatable bonds is 10. The number of sulfonamides is 1. The topological polar surface area (TPSA) is 111 Å². The minimum Gasteiger partial charge on any atom is -0.492 e. The van der Waals surface area contributed by atoms with Gasteiger partial charge in [0, 0.05) is 0 Å². The lowest BCUT2D eigenvalue weighted by atomic mass is 10.2. The van der Waals surface area contributed by atoms with E-state index >= 15 is 0 Å². The molecule has 0 bridgehead atoms. The van der Waals surface area contributed by atoms with Crippen LogP contribution in [0.5, 0.6) is 5.75 Å². The monoisotopic (exact) mass is 474 g/mol. The SMILES string of the molecule is Cc1cccc(OCCNC(=O)COC(=O)CNS(=O)(=O)c2ccc(Cl)c(Cl)c2)c1. The van der Waals surface area contributed by atoms with Crippen molar-refractivity contribution in [3.05, 3.63) is 58.1 Å². The average Bonchev–Trinajstić information content (AvgIpc) is 2.70. The van der Waals surface area contributed by atoms with E-state index < -0.39 is 35.1 Å². The fourth-order valence-electron chi connectivity index (χ4n) is 2.19. The predicted octanol–water partition coefficient (Wildman–Crippen LogP) is 2.32. The summed E-state index contributed by atoms with van der Waals surface area (Å²) in [6, 6.07) is 11.2. The van der Waals surface area contributed by atoms with Crippen LogP contribution in [0.3, 0.4) is 0 Å². The summed E-state index contributed by atoms with van der Waals surface area (Å²) in [5.41, 5.74) is 1.05. The van der Waals surface area contributed by atoms with E-state index in [9.17, 15) is 18.0 Å². The van der Waals surface area contributed by atoms with Crippen LogP contribution in [0.2, 0.25) is 10.0 Å². The maximum atomic E-state index is 12.1. The summed E-state index contributed by atoms with van der Waals surface area (Å²) in [5, 5.41) is 2.79. The number of halogens is 2. The van der Waals surface area contributed by atoms with Crippen molar-refractivity contribution in [1.82, 2.24) is 10.0 Å². The first-order valence-electron chi connectivity index (χ1n) is 8.74.